The molecule has 25 heavy (non-hydrogen) atoms. The normalized spacial score (nSPS) is 12.2. The Hall–Kier alpha value is -2.61. The molecule has 0 saturated carbocycles. The minimum absolute atomic E-state index is 0.105. The maximum Gasteiger partial charge on any atom is 0.184 e. The van der Waals surface area contributed by atoms with Gasteiger partial charge in [-0.15, -0.1) is 5.10 Å². The summed E-state index contributed by atoms with van der Waals surface area (Å²) in [5, 5.41) is 21.6. The zero-order valence-corrected chi connectivity index (χ0v) is 13.7. The van der Waals surface area contributed by atoms with Crippen LogP contribution in [0.15, 0.2) is 60.7 Å². The third-order valence-corrected chi connectivity index (χ3v) is 3.57. The number of ether oxygens (including phenoxy) is 2. The van der Waals surface area contributed by atoms with Crippen LogP contribution in [0.4, 0.5) is 0 Å². The van der Waals surface area contributed by atoms with Crippen molar-refractivity contribution >= 4 is 0 Å². The molecule has 0 bridgehead atoms. The smallest absolute Gasteiger partial charge is 0.184 e. The van der Waals surface area contributed by atoms with Crippen molar-refractivity contribution in [1.82, 2.24) is 20.2 Å². The molecule has 7 nitrogen and oxygen atoms in total. The zero-order chi connectivity index (χ0) is 17.3. The van der Waals surface area contributed by atoms with Crippen molar-refractivity contribution in [2.75, 3.05) is 6.61 Å². The Labute approximate surface area is 145 Å². The number of aliphatic hydroxyl groups is 1. The Bertz CT molecular complexity index is 749. The van der Waals surface area contributed by atoms with Gasteiger partial charge in [-0.2, -0.15) is 0 Å². The van der Waals surface area contributed by atoms with Gasteiger partial charge in [-0.3, -0.25) is 0 Å². The van der Waals surface area contributed by atoms with Gasteiger partial charge in [0.1, 0.15) is 12.8 Å². The van der Waals surface area contributed by atoms with E-state index in [9.17, 15) is 5.11 Å². The van der Waals surface area contributed by atoms with E-state index in [0.29, 0.717) is 19.0 Å². The lowest BCUT2D eigenvalue weighted by Gasteiger charge is -2.12. The van der Waals surface area contributed by atoms with Crippen LogP contribution in [0.3, 0.4) is 0 Å². The summed E-state index contributed by atoms with van der Waals surface area (Å²) < 4.78 is 12.6. The molecule has 0 radical (unpaired) electrons. The molecule has 3 rings (SSSR count). The van der Waals surface area contributed by atoms with Gasteiger partial charge in [-0.1, -0.05) is 60.7 Å². The highest BCUT2D eigenvalue weighted by molar-refractivity contribution is 5.14. The summed E-state index contributed by atoms with van der Waals surface area (Å²) in [7, 11) is 0. The van der Waals surface area contributed by atoms with Crippen LogP contribution in [-0.4, -0.2) is 31.9 Å². The molecule has 3 aromatic rings. The van der Waals surface area contributed by atoms with Gasteiger partial charge in [0, 0.05) is 0 Å². The number of aromatic nitrogens is 4. The van der Waals surface area contributed by atoms with Crippen LogP contribution in [0.25, 0.3) is 0 Å². The number of tetrazole rings is 1. The highest BCUT2D eigenvalue weighted by Gasteiger charge is 2.16. The van der Waals surface area contributed by atoms with Crippen molar-refractivity contribution in [1.29, 1.82) is 0 Å². The van der Waals surface area contributed by atoms with E-state index in [1.807, 2.05) is 60.7 Å². The number of benzene rings is 2. The van der Waals surface area contributed by atoms with Gasteiger partial charge in [0.05, 0.1) is 19.8 Å². The van der Waals surface area contributed by atoms with Gasteiger partial charge in [0.25, 0.3) is 0 Å². The lowest BCUT2D eigenvalue weighted by molar-refractivity contribution is 0.00960. The Balaban J connectivity index is 1.46. The predicted octanol–water partition coefficient (Wildman–Crippen LogP) is 2.10. The minimum atomic E-state index is -0.918. The van der Waals surface area contributed by atoms with Crippen molar-refractivity contribution < 1.29 is 14.6 Å². The van der Waals surface area contributed by atoms with Gasteiger partial charge in [-0.05, 0) is 21.6 Å². The van der Waals surface area contributed by atoms with E-state index in [-0.39, 0.29) is 13.3 Å². The van der Waals surface area contributed by atoms with Gasteiger partial charge in [0.15, 0.2) is 5.82 Å². The molecule has 0 spiro atoms. The SMILES string of the molecule is OC(COCc1ccccc1)c1nnnn1COCc1ccccc1. The van der Waals surface area contributed by atoms with E-state index >= 15 is 0 Å². The number of rotatable bonds is 9. The topological polar surface area (TPSA) is 82.3 Å². The maximum atomic E-state index is 10.2. The molecular weight excluding hydrogens is 320 g/mol. The van der Waals surface area contributed by atoms with Crippen molar-refractivity contribution in [3.05, 3.63) is 77.6 Å². The third kappa shape index (κ3) is 5.18. The van der Waals surface area contributed by atoms with Crippen LogP contribution in [0.1, 0.15) is 23.1 Å². The lowest BCUT2D eigenvalue weighted by atomic mass is 10.2. The van der Waals surface area contributed by atoms with E-state index in [4.69, 9.17) is 9.47 Å². The molecular formula is C18H20N4O3. The molecule has 0 fully saturated rings. The standard InChI is InChI=1S/C18H20N4O3/c23-17(13-24-11-15-7-3-1-4-8-15)18-19-20-21-22(18)14-25-12-16-9-5-2-6-10-16/h1-10,17,23H,11-14H2. The van der Waals surface area contributed by atoms with E-state index < -0.39 is 6.10 Å². The summed E-state index contributed by atoms with van der Waals surface area (Å²) in [5.74, 6) is 0.320. The van der Waals surface area contributed by atoms with Crippen LogP contribution in [-0.2, 0) is 29.4 Å². The molecule has 1 N–H and O–H groups in total. The lowest BCUT2D eigenvalue weighted by Crippen LogP contribution is -2.16. The molecule has 1 unspecified atom stereocenters. The van der Waals surface area contributed by atoms with Crippen molar-refractivity contribution in [2.24, 2.45) is 0 Å². The molecule has 0 aliphatic carbocycles. The summed E-state index contributed by atoms with van der Waals surface area (Å²) >= 11 is 0. The fourth-order valence-electron chi connectivity index (χ4n) is 2.30. The van der Waals surface area contributed by atoms with Gasteiger partial charge < -0.3 is 14.6 Å². The fraction of sp³-hybridized carbons (Fsp3) is 0.278. The monoisotopic (exact) mass is 340 g/mol. The van der Waals surface area contributed by atoms with Crippen molar-refractivity contribution in [3.8, 4) is 0 Å². The van der Waals surface area contributed by atoms with Crippen molar-refractivity contribution in [3.63, 3.8) is 0 Å². The average Bonchev–Trinajstić information content (AvgIpc) is 3.12. The fourth-order valence-corrected chi connectivity index (χ4v) is 2.30. The predicted molar refractivity (Wildman–Crippen MR) is 90.1 cm³/mol. The molecule has 1 heterocycles. The van der Waals surface area contributed by atoms with Crippen LogP contribution in [0, 0.1) is 0 Å². The molecule has 1 atom stereocenters. The Morgan fingerprint density at radius 3 is 2.12 bits per heavy atom. The van der Waals surface area contributed by atoms with E-state index in [1.165, 1.54) is 4.68 Å². The Morgan fingerprint density at radius 1 is 0.880 bits per heavy atom. The quantitative estimate of drug-likeness (QED) is 0.642. The van der Waals surface area contributed by atoms with Crippen LogP contribution in [0.2, 0.25) is 0 Å². The summed E-state index contributed by atoms with van der Waals surface area (Å²) in [5.41, 5.74) is 2.10. The molecule has 130 valence electrons. The summed E-state index contributed by atoms with van der Waals surface area (Å²) in [6, 6.07) is 19.6. The number of nitrogens with zero attached hydrogens (tertiary/aromatic N) is 4. The summed E-state index contributed by atoms with van der Waals surface area (Å²) in [6.45, 7) is 1.13. The first-order chi connectivity index (χ1) is 12.3. The first kappa shape index (κ1) is 17.2. The largest absolute Gasteiger partial charge is 0.383 e. The highest BCUT2D eigenvalue weighted by atomic mass is 16.5. The second-order valence-electron chi connectivity index (χ2n) is 5.52. The van der Waals surface area contributed by atoms with Gasteiger partial charge >= 0.3 is 0 Å². The first-order valence-electron chi connectivity index (χ1n) is 8.00. The third-order valence-electron chi connectivity index (χ3n) is 3.57. The zero-order valence-electron chi connectivity index (χ0n) is 13.7. The van der Waals surface area contributed by atoms with Gasteiger partial charge in [-0.25, -0.2) is 4.68 Å². The first-order valence-corrected chi connectivity index (χ1v) is 8.00. The van der Waals surface area contributed by atoms with Crippen LogP contribution in [0.5, 0.6) is 0 Å². The molecule has 2 aromatic carbocycles. The summed E-state index contributed by atoms with van der Waals surface area (Å²) in [6.07, 6.45) is -0.918. The van der Waals surface area contributed by atoms with E-state index in [0.717, 1.165) is 11.1 Å². The van der Waals surface area contributed by atoms with E-state index in [2.05, 4.69) is 15.5 Å². The maximum absolute atomic E-state index is 10.2. The molecule has 7 heteroatoms. The molecule has 0 amide bonds. The van der Waals surface area contributed by atoms with E-state index in [1.54, 1.807) is 0 Å². The second-order valence-corrected chi connectivity index (χ2v) is 5.52. The van der Waals surface area contributed by atoms with Crippen LogP contribution < -0.4 is 0 Å². The highest BCUT2D eigenvalue weighted by Crippen LogP contribution is 2.11. The Kier molecular flexibility index (Phi) is 6.22. The number of hydrogen-bond donors (Lipinski definition) is 1. The number of aliphatic hydroxyl groups excluding tert-OH is 1. The molecule has 0 saturated heterocycles. The van der Waals surface area contributed by atoms with Gasteiger partial charge in [0.2, 0.25) is 0 Å². The van der Waals surface area contributed by atoms with Crippen LogP contribution >= 0.6 is 0 Å². The second kappa shape index (κ2) is 9.03. The molecule has 0 aliphatic rings. The average molecular weight is 340 g/mol. The summed E-state index contributed by atoms with van der Waals surface area (Å²) in [4.78, 5) is 0. The minimum Gasteiger partial charge on any atom is -0.383 e. The molecule has 0 aliphatic heterocycles. The van der Waals surface area contributed by atoms with Crippen molar-refractivity contribution in [2.45, 2.75) is 26.0 Å². The number of hydrogen-bond acceptors (Lipinski definition) is 6. The Morgan fingerprint density at radius 2 is 1.48 bits per heavy atom. The molecule has 1 aromatic heterocycles.